The van der Waals surface area contributed by atoms with Crippen LogP contribution in [-0.4, -0.2) is 59.8 Å². The number of hydrogen-bond donors (Lipinski definition) is 0. The monoisotopic (exact) mass is 317 g/mol. The van der Waals surface area contributed by atoms with E-state index in [2.05, 4.69) is 16.5 Å². The molecule has 3 heterocycles. The molecule has 0 saturated carbocycles. The van der Waals surface area contributed by atoms with Crippen molar-refractivity contribution in [3.05, 3.63) is 36.9 Å². The zero-order chi connectivity index (χ0) is 16.1. The molecule has 2 saturated heterocycles. The molecule has 3 rings (SSSR count). The number of carbonyl (C=O) groups excluding carboxylic acids is 1. The Kier molecular flexibility index (Phi) is 5.03. The highest BCUT2D eigenvalue weighted by molar-refractivity contribution is 5.92. The van der Waals surface area contributed by atoms with Gasteiger partial charge in [-0.2, -0.15) is 0 Å². The predicted molar refractivity (Wildman–Crippen MR) is 85.0 cm³/mol. The first-order valence-corrected chi connectivity index (χ1v) is 8.11. The summed E-state index contributed by atoms with van der Waals surface area (Å²) in [5.74, 6) is -0.0646. The Bertz CT molecular complexity index is 551. The molecular weight excluding hydrogens is 294 g/mol. The third-order valence-electron chi connectivity index (χ3n) is 4.68. The summed E-state index contributed by atoms with van der Waals surface area (Å²) in [6.45, 7) is 6.93. The van der Waals surface area contributed by atoms with Crippen molar-refractivity contribution in [3.63, 3.8) is 0 Å². The molecule has 0 bridgehead atoms. The van der Waals surface area contributed by atoms with Crippen molar-refractivity contribution in [1.82, 2.24) is 14.9 Å². The van der Waals surface area contributed by atoms with Crippen LogP contribution in [0.5, 0.6) is 0 Å². The molecule has 2 atom stereocenters. The molecule has 6 heteroatoms. The van der Waals surface area contributed by atoms with Crippen LogP contribution in [0.15, 0.2) is 31.2 Å². The second kappa shape index (κ2) is 7.19. The van der Waals surface area contributed by atoms with Crippen LogP contribution < -0.4 is 0 Å². The molecule has 23 heavy (non-hydrogen) atoms. The van der Waals surface area contributed by atoms with Gasteiger partial charge in [0.05, 0.1) is 25.5 Å². The van der Waals surface area contributed by atoms with E-state index in [1.54, 1.807) is 18.5 Å². The quantitative estimate of drug-likeness (QED) is 0.611. The summed E-state index contributed by atoms with van der Waals surface area (Å²) in [5, 5.41) is 0. The number of piperidine rings is 1. The zero-order valence-electron chi connectivity index (χ0n) is 13.3. The molecular formula is C17H23N3O3. The first kappa shape index (κ1) is 16.1. The fourth-order valence-electron chi connectivity index (χ4n) is 3.59. The maximum Gasteiger partial charge on any atom is 0.274 e. The molecule has 6 nitrogen and oxygen atoms in total. The molecule has 2 fully saturated rings. The lowest BCUT2D eigenvalue weighted by Gasteiger charge is -2.50. The van der Waals surface area contributed by atoms with Crippen LogP contribution >= 0.6 is 0 Å². The molecule has 124 valence electrons. The summed E-state index contributed by atoms with van der Waals surface area (Å²) in [5.41, 5.74) is 0.266. The molecule has 1 aromatic heterocycles. The number of nitrogens with zero attached hydrogens (tertiary/aromatic N) is 3. The van der Waals surface area contributed by atoms with E-state index >= 15 is 0 Å². The van der Waals surface area contributed by atoms with E-state index in [1.165, 1.54) is 6.20 Å². The average Bonchev–Trinajstić information content (AvgIpc) is 2.61. The number of amides is 1. The highest BCUT2D eigenvalue weighted by atomic mass is 16.5. The normalized spacial score (nSPS) is 27.3. The summed E-state index contributed by atoms with van der Waals surface area (Å²) < 4.78 is 11.7. The summed E-state index contributed by atoms with van der Waals surface area (Å²) in [4.78, 5) is 22.7. The molecule has 0 spiro atoms. The lowest BCUT2D eigenvalue weighted by molar-refractivity contribution is -0.144. The molecule has 0 aromatic carbocycles. The van der Waals surface area contributed by atoms with E-state index in [0.29, 0.717) is 32.0 Å². The number of carbonyl (C=O) groups is 1. The first-order valence-electron chi connectivity index (χ1n) is 8.11. The maximum absolute atomic E-state index is 12.7. The van der Waals surface area contributed by atoms with Crippen molar-refractivity contribution in [2.24, 2.45) is 5.41 Å². The first-order chi connectivity index (χ1) is 11.2. The third-order valence-corrected chi connectivity index (χ3v) is 4.68. The smallest absolute Gasteiger partial charge is 0.274 e. The van der Waals surface area contributed by atoms with Gasteiger partial charge in [0.1, 0.15) is 5.69 Å². The standard InChI is InChI=1S/C17H23N3O3/c1-2-9-22-13-17-5-3-10-23-15(17)4-8-20(12-17)16(21)14-11-18-6-7-19-14/h2,6-7,11,15H,1,3-5,8-10,12-13H2. The Hall–Kier alpha value is -1.79. The fraction of sp³-hybridized carbons (Fsp3) is 0.588. The van der Waals surface area contributed by atoms with Crippen molar-refractivity contribution >= 4 is 5.91 Å². The molecule has 1 amide bonds. The third kappa shape index (κ3) is 3.43. The number of hydrogen-bond acceptors (Lipinski definition) is 5. The number of aromatic nitrogens is 2. The van der Waals surface area contributed by atoms with Crippen molar-refractivity contribution in [1.29, 1.82) is 0 Å². The highest BCUT2D eigenvalue weighted by Crippen LogP contribution is 2.40. The Balaban J connectivity index is 1.75. The minimum Gasteiger partial charge on any atom is -0.377 e. The van der Waals surface area contributed by atoms with Gasteiger partial charge in [0, 0.05) is 37.5 Å². The molecule has 1 aromatic rings. The molecule has 0 radical (unpaired) electrons. The Morgan fingerprint density at radius 1 is 1.57 bits per heavy atom. The van der Waals surface area contributed by atoms with Crippen molar-refractivity contribution < 1.29 is 14.3 Å². The van der Waals surface area contributed by atoms with E-state index in [0.717, 1.165) is 25.9 Å². The summed E-state index contributed by atoms with van der Waals surface area (Å²) in [6.07, 6.45) is 9.40. The minimum absolute atomic E-state index is 0.0646. The lowest BCUT2D eigenvalue weighted by Crippen LogP contribution is -2.58. The van der Waals surface area contributed by atoms with E-state index in [9.17, 15) is 4.79 Å². The Morgan fingerprint density at radius 2 is 2.48 bits per heavy atom. The van der Waals surface area contributed by atoms with E-state index in [4.69, 9.17) is 9.47 Å². The van der Waals surface area contributed by atoms with E-state index < -0.39 is 0 Å². The van der Waals surface area contributed by atoms with E-state index in [-0.39, 0.29) is 17.4 Å². The van der Waals surface area contributed by atoms with Crippen LogP contribution in [0, 0.1) is 5.41 Å². The zero-order valence-corrected chi connectivity index (χ0v) is 13.3. The largest absolute Gasteiger partial charge is 0.377 e. The SMILES string of the molecule is C=CCOCC12CCCOC1CCN(C(=O)c1cnccn1)C2. The van der Waals surface area contributed by atoms with Crippen LogP contribution in [-0.2, 0) is 9.47 Å². The average molecular weight is 317 g/mol. The maximum atomic E-state index is 12.7. The van der Waals surface area contributed by atoms with Crippen molar-refractivity contribution in [2.75, 3.05) is 32.9 Å². The number of likely N-dealkylation sites (tertiary alicyclic amines) is 1. The summed E-state index contributed by atoms with van der Waals surface area (Å²) in [6, 6.07) is 0. The van der Waals surface area contributed by atoms with Gasteiger partial charge in [0.15, 0.2) is 0 Å². The van der Waals surface area contributed by atoms with Crippen LogP contribution in [0.2, 0.25) is 0 Å². The lowest BCUT2D eigenvalue weighted by atomic mass is 9.73. The number of ether oxygens (including phenoxy) is 2. The highest BCUT2D eigenvalue weighted by Gasteiger charge is 2.47. The molecule has 0 aliphatic carbocycles. The van der Waals surface area contributed by atoms with Gasteiger partial charge in [0.25, 0.3) is 5.91 Å². The van der Waals surface area contributed by atoms with Gasteiger partial charge in [0.2, 0.25) is 0 Å². The van der Waals surface area contributed by atoms with Crippen molar-refractivity contribution in [2.45, 2.75) is 25.4 Å². The van der Waals surface area contributed by atoms with Gasteiger partial charge in [-0.05, 0) is 19.3 Å². The van der Waals surface area contributed by atoms with Crippen molar-refractivity contribution in [3.8, 4) is 0 Å². The molecule has 0 N–H and O–H groups in total. The van der Waals surface area contributed by atoms with Gasteiger partial charge >= 0.3 is 0 Å². The van der Waals surface area contributed by atoms with Crippen LogP contribution in [0.4, 0.5) is 0 Å². The van der Waals surface area contributed by atoms with Crippen LogP contribution in [0.1, 0.15) is 29.8 Å². The number of fused-ring (bicyclic) bond motifs is 1. The fourth-order valence-corrected chi connectivity index (χ4v) is 3.59. The van der Waals surface area contributed by atoms with E-state index in [1.807, 2.05) is 4.90 Å². The van der Waals surface area contributed by atoms with Gasteiger partial charge in [-0.15, -0.1) is 6.58 Å². The summed E-state index contributed by atoms with van der Waals surface area (Å²) >= 11 is 0. The second-order valence-electron chi connectivity index (χ2n) is 6.24. The van der Waals surface area contributed by atoms with Crippen LogP contribution in [0.3, 0.4) is 0 Å². The van der Waals surface area contributed by atoms with Gasteiger partial charge < -0.3 is 14.4 Å². The minimum atomic E-state index is -0.128. The van der Waals surface area contributed by atoms with Gasteiger partial charge in [-0.3, -0.25) is 9.78 Å². The van der Waals surface area contributed by atoms with Gasteiger partial charge in [-0.25, -0.2) is 4.98 Å². The van der Waals surface area contributed by atoms with Gasteiger partial charge in [-0.1, -0.05) is 6.08 Å². The summed E-state index contributed by atoms with van der Waals surface area (Å²) in [7, 11) is 0. The van der Waals surface area contributed by atoms with Crippen LogP contribution in [0.25, 0.3) is 0 Å². The molecule has 2 unspecified atom stereocenters. The Morgan fingerprint density at radius 3 is 3.26 bits per heavy atom. The molecule has 2 aliphatic rings. The number of rotatable bonds is 5. The molecule has 2 aliphatic heterocycles. The topological polar surface area (TPSA) is 64.6 Å². The second-order valence-corrected chi connectivity index (χ2v) is 6.24. The predicted octanol–water partition coefficient (Wildman–Crippen LogP) is 1.69. The Labute approximate surface area is 136 Å².